The molecule has 2 aromatic carbocycles. The van der Waals surface area contributed by atoms with Crippen molar-refractivity contribution < 1.29 is 21.5 Å². The Morgan fingerprint density at radius 1 is 0.800 bits per heavy atom. The van der Waals surface area contributed by atoms with Crippen LogP contribution in [0.25, 0.3) is 5.57 Å². The maximum atomic E-state index is 2.58. The Hall–Kier alpha value is -1.38. The van der Waals surface area contributed by atoms with Crippen LogP contribution >= 0.6 is 0 Å². The van der Waals surface area contributed by atoms with E-state index in [9.17, 15) is 0 Å². The Labute approximate surface area is 162 Å². The van der Waals surface area contributed by atoms with Gasteiger partial charge >= 0.3 is 0 Å². The second-order valence-corrected chi connectivity index (χ2v) is 8.06. The van der Waals surface area contributed by atoms with Gasteiger partial charge in [-0.1, -0.05) is 66.7 Å². The minimum absolute atomic E-state index is 0. The van der Waals surface area contributed by atoms with Crippen LogP contribution in [-0.4, -0.2) is 30.7 Å². The number of piperidine rings is 1. The van der Waals surface area contributed by atoms with E-state index in [1.807, 2.05) is 0 Å². The summed E-state index contributed by atoms with van der Waals surface area (Å²) in [6.45, 7) is 0. The molecule has 2 aromatic rings. The third-order valence-electron chi connectivity index (χ3n) is 6.44. The van der Waals surface area contributed by atoms with E-state index in [0.29, 0.717) is 5.92 Å². The predicted molar refractivity (Wildman–Crippen MR) is 102 cm³/mol. The fourth-order valence-corrected chi connectivity index (χ4v) is 4.89. The molecule has 2 aliphatic rings. The van der Waals surface area contributed by atoms with E-state index in [-0.39, 0.29) is 17.0 Å². The summed E-state index contributed by atoms with van der Waals surface area (Å²) in [5, 5.41) is 0. The highest BCUT2D eigenvalue weighted by atomic mass is 79.9. The zero-order valence-electron chi connectivity index (χ0n) is 15.2. The van der Waals surface area contributed by atoms with Crippen LogP contribution < -0.4 is 17.0 Å². The van der Waals surface area contributed by atoms with Gasteiger partial charge in [-0.05, 0) is 22.6 Å². The zero-order valence-corrected chi connectivity index (χ0v) is 16.8. The zero-order chi connectivity index (χ0) is 16.6. The maximum Gasteiger partial charge on any atom is 0.0896 e. The molecule has 2 aliphatic heterocycles. The summed E-state index contributed by atoms with van der Waals surface area (Å²) in [7, 11) is 4.88. The van der Waals surface area contributed by atoms with Gasteiger partial charge in [-0.2, -0.15) is 0 Å². The first-order chi connectivity index (χ1) is 11.6. The molecule has 2 bridgehead atoms. The number of fused-ring (bicyclic) bond motifs is 2. The molecule has 2 fully saturated rings. The highest BCUT2D eigenvalue weighted by Crippen LogP contribution is 2.43. The molecule has 0 saturated carbocycles. The number of nitrogens with zero attached hydrogens (tertiary/aromatic N) is 1. The maximum absolute atomic E-state index is 2.58. The smallest absolute Gasteiger partial charge is 0.0896 e. The van der Waals surface area contributed by atoms with Gasteiger partial charge in [-0.25, -0.2) is 0 Å². The Morgan fingerprint density at radius 2 is 1.24 bits per heavy atom. The number of quaternary nitrogens is 1. The predicted octanol–water partition coefficient (Wildman–Crippen LogP) is 2.14. The Bertz CT molecular complexity index is 663. The molecule has 0 aliphatic carbocycles. The normalized spacial score (nSPS) is 26.6. The molecule has 0 spiro atoms. The lowest BCUT2D eigenvalue weighted by Gasteiger charge is -2.44. The molecule has 3 atom stereocenters. The van der Waals surface area contributed by atoms with Crippen LogP contribution in [0.15, 0.2) is 66.7 Å². The van der Waals surface area contributed by atoms with Crippen molar-refractivity contribution in [1.29, 1.82) is 0 Å². The summed E-state index contributed by atoms with van der Waals surface area (Å²) in [5.74, 6) is 0.712. The molecule has 132 valence electrons. The van der Waals surface area contributed by atoms with E-state index in [1.165, 1.54) is 46.9 Å². The van der Waals surface area contributed by atoms with Gasteiger partial charge in [0.25, 0.3) is 0 Å². The Kier molecular flexibility index (Phi) is 5.50. The minimum Gasteiger partial charge on any atom is -1.00 e. The molecule has 25 heavy (non-hydrogen) atoms. The average Bonchev–Trinajstić information content (AvgIpc) is 2.79. The van der Waals surface area contributed by atoms with Crippen molar-refractivity contribution in [3.63, 3.8) is 0 Å². The molecule has 1 nitrogen and oxygen atoms in total. The third kappa shape index (κ3) is 3.61. The molecule has 2 heteroatoms. The van der Waals surface area contributed by atoms with Crippen molar-refractivity contribution in [3.05, 3.63) is 77.9 Å². The van der Waals surface area contributed by atoms with E-state index in [2.05, 4.69) is 80.8 Å². The van der Waals surface area contributed by atoms with Crippen LogP contribution in [0, 0.1) is 5.92 Å². The van der Waals surface area contributed by atoms with Crippen molar-refractivity contribution in [2.24, 2.45) is 5.92 Å². The van der Waals surface area contributed by atoms with Gasteiger partial charge in [-0.15, -0.1) is 0 Å². The molecule has 0 N–H and O–H groups in total. The number of benzene rings is 2. The minimum atomic E-state index is 0. The lowest BCUT2D eigenvalue weighted by Crippen LogP contribution is -3.00. The quantitative estimate of drug-likeness (QED) is 0.696. The summed E-state index contributed by atoms with van der Waals surface area (Å²) in [6, 6.07) is 23.5. The summed E-state index contributed by atoms with van der Waals surface area (Å²) in [4.78, 5) is 0. The van der Waals surface area contributed by atoms with Gasteiger partial charge in [0.05, 0.1) is 26.2 Å². The average molecular weight is 398 g/mol. The van der Waals surface area contributed by atoms with Crippen LogP contribution in [0.1, 0.15) is 36.8 Å². The van der Waals surface area contributed by atoms with Gasteiger partial charge in [0.2, 0.25) is 0 Å². The molecule has 4 rings (SSSR count). The van der Waals surface area contributed by atoms with Crippen LogP contribution in [-0.2, 0) is 0 Å². The fraction of sp³-hybridized carbons (Fsp3) is 0.391. The Balaban J connectivity index is 0.00000182. The molecular formula is C23H28BrN. The third-order valence-corrected chi connectivity index (χ3v) is 6.44. The largest absolute Gasteiger partial charge is 1.00 e. The first kappa shape index (κ1) is 18.4. The fourth-order valence-electron chi connectivity index (χ4n) is 4.89. The van der Waals surface area contributed by atoms with Crippen LogP contribution in [0.3, 0.4) is 0 Å². The van der Waals surface area contributed by atoms with E-state index < -0.39 is 0 Å². The molecule has 0 radical (unpaired) electrons. The van der Waals surface area contributed by atoms with Crippen molar-refractivity contribution in [1.82, 2.24) is 0 Å². The van der Waals surface area contributed by atoms with E-state index in [1.54, 1.807) is 0 Å². The number of rotatable bonds is 3. The monoisotopic (exact) mass is 397 g/mol. The highest BCUT2D eigenvalue weighted by molar-refractivity contribution is 5.79. The van der Waals surface area contributed by atoms with Gasteiger partial charge in [0, 0.05) is 25.7 Å². The van der Waals surface area contributed by atoms with Crippen LogP contribution in [0.5, 0.6) is 0 Å². The van der Waals surface area contributed by atoms with E-state index in [4.69, 9.17) is 0 Å². The second-order valence-electron chi connectivity index (χ2n) is 8.06. The molecule has 0 aromatic heterocycles. The lowest BCUT2D eigenvalue weighted by atomic mass is 9.85. The van der Waals surface area contributed by atoms with E-state index in [0.717, 1.165) is 12.1 Å². The molecule has 0 amide bonds. The standard InChI is InChI=1S/C23H28N.BrH/c1-24(2)21-13-14-22(24)16-18(15-21)17-23(19-9-5-3-6-10-19)20-11-7-4-8-12-20;/h3-12,17-18,21-22H,13-16H2,1-2H3;1H/q+1;/p-1/t18-,21+,22-;. The molecule has 2 saturated heterocycles. The van der Waals surface area contributed by atoms with Crippen molar-refractivity contribution >= 4 is 5.57 Å². The first-order valence-corrected chi connectivity index (χ1v) is 9.30. The molecular weight excluding hydrogens is 370 g/mol. The van der Waals surface area contributed by atoms with Gasteiger partial charge < -0.3 is 21.5 Å². The van der Waals surface area contributed by atoms with Gasteiger partial charge in [-0.3, -0.25) is 0 Å². The van der Waals surface area contributed by atoms with Crippen molar-refractivity contribution in [2.45, 2.75) is 37.8 Å². The van der Waals surface area contributed by atoms with Crippen LogP contribution in [0.4, 0.5) is 0 Å². The van der Waals surface area contributed by atoms with E-state index >= 15 is 0 Å². The lowest BCUT2D eigenvalue weighted by molar-refractivity contribution is -0.931. The van der Waals surface area contributed by atoms with Crippen molar-refractivity contribution in [3.8, 4) is 0 Å². The first-order valence-electron chi connectivity index (χ1n) is 9.30. The topological polar surface area (TPSA) is 0 Å². The molecule has 2 heterocycles. The molecule has 0 unspecified atom stereocenters. The summed E-state index contributed by atoms with van der Waals surface area (Å²) in [5.41, 5.74) is 4.10. The van der Waals surface area contributed by atoms with Crippen molar-refractivity contribution in [2.75, 3.05) is 14.1 Å². The summed E-state index contributed by atoms with van der Waals surface area (Å²) >= 11 is 0. The Morgan fingerprint density at radius 3 is 1.68 bits per heavy atom. The van der Waals surface area contributed by atoms with Gasteiger partial charge in [0.1, 0.15) is 0 Å². The number of halogens is 1. The number of hydrogen-bond acceptors (Lipinski definition) is 0. The van der Waals surface area contributed by atoms with Gasteiger partial charge in [0.15, 0.2) is 0 Å². The summed E-state index contributed by atoms with van der Waals surface area (Å²) in [6.07, 6.45) is 8.08. The summed E-state index contributed by atoms with van der Waals surface area (Å²) < 4.78 is 1.25. The number of hydrogen-bond donors (Lipinski definition) is 0. The highest BCUT2D eigenvalue weighted by Gasteiger charge is 2.48. The SMILES string of the molecule is C[N+]1(C)[C@@H]2CC[C@H]1C[C@@H](C=C(c1ccccc1)c1ccccc1)C2.[Br-]. The van der Waals surface area contributed by atoms with Crippen LogP contribution in [0.2, 0.25) is 0 Å². The number of allylic oxidation sites excluding steroid dienone is 1. The second kappa shape index (κ2) is 7.47.